The van der Waals surface area contributed by atoms with Crippen LogP contribution in [0.5, 0.6) is 0 Å². The molecular weight excluding hydrogens is 465 g/mol. The zero-order chi connectivity index (χ0) is 22.4. The first-order chi connectivity index (χ1) is 14.7. The van der Waals surface area contributed by atoms with Gasteiger partial charge >= 0.3 is 5.97 Å². The number of nitrogens with zero attached hydrogens (tertiary/aromatic N) is 1. The van der Waals surface area contributed by atoms with Gasteiger partial charge in [-0.15, -0.1) is 0 Å². The quantitative estimate of drug-likeness (QED) is 0.495. The smallest absolute Gasteiger partial charge is 0.338 e. The molecular formula is C20H15Cl2N3O5S. The number of amides is 1. The lowest BCUT2D eigenvalue weighted by Gasteiger charge is -2.09. The summed E-state index contributed by atoms with van der Waals surface area (Å²) in [4.78, 5) is 27.9. The highest BCUT2D eigenvalue weighted by Gasteiger charge is 2.17. The fourth-order valence-electron chi connectivity index (χ4n) is 2.38. The number of halogens is 2. The number of pyridine rings is 1. The van der Waals surface area contributed by atoms with Crippen LogP contribution in [-0.2, 0) is 19.6 Å². The van der Waals surface area contributed by atoms with Gasteiger partial charge in [0.05, 0.1) is 20.5 Å². The second kappa shape index (κ2) is 9.78. The van der Waals surface area contributed by atoms with Crippen LogP contribution in [-0.4, -0.2) is 31.9 Å². The predicted molar refractivity (Wildman–Crippen MR) is 117 cm³/mol. The highest BCUT2D eigenvalue weighted by Crippen LogP contribution is 2.22. The van der Waals surface area contributed by atoms with Gasteiger partial charge in [0.1, 0.15) is 0 Å². The minimum Gasteiger partial charge on any atom is -0.452 e. The molecule has 3 aromatic rings. The monoisotopic (exact) mass is 479 g/mol. The molecule has 0 saturated heterocycles. The number of hydrogen-bond donors (Lipinski definition) is 2. The number of rotatable bonds is 7. The number of ether oxygens (including phenoxy) is 1. The molecule has 11 heteroatoms. The number of esters is 1. The largest absolute Gasteiger partial charge is 0.452 e. The molecule has 0 bridgehead atoms. The van der Waals surface area contributed by atoms with Gasteiger partial charge in [0.25, 0.3) is 15.9 Å². The summed E-state index contributed by atoms with van der Waals surface area (Å²) in [5.41, 5.74) is 0.487. The number of nitrogens with one attached hydrogen (secondary N) is 2. The summed E-state index contributed by atoms with van der Waals surface area (Å²) in [5.74, 6) is -1.38. The third-order valence-electron chi connectivity index (χ3n) is 3.83. The van der Waals surface area contributed by atoms with Crippen molar-refractivity contribution in [3.8, 4) is 0 Å². The molecule has 0 saturated carbocycles. The first kappa shape index (κ1) is 22.5. The van der Waals surface area contributed by atoms with Crippen LogP contribution < -0.4 is 10.0 Å². The summed E-state index contributed by atoms with van der Waals surface area (Å²) in [7, 11) is -3.82. The Bertz CT molecular complexity index is 1200. The Morgan fingerprint density at radius 2 is 1.68 bits per heavy atom. The summed E-state index contributed by atoms with van der Waals surface area (Å²) >= 11 is 11.6. The predicted octanol–water partition coefficient (Wildman–Crippen LogP) is 3.98. The number of carbonyl (C=O) groups excluding carboxylic acids is 2. The second-order valence-corrected chi connectivity index (χ2v) is 8.63. The average Bonchev–Trinajstić information content (AvgIpc) is 2.74. The maximum Gasteiger partial charge on any atom is 0.338 e. The van der Waals surface area contributed by atoms with Gasteiger partial charge in [-0.05, 0) is 42.5 Å². The third-order valence-corrected chi connectivity index (χ3v) is 5.72. The molecule has 0 fully saturated rings. The summed E-state index contributed by atoms with van der Waals surface area (Å²) in [5, 5.41) is 2.83. The number of anilines is 2. The standard InChI is InChI=1S/C20H15Cl2N3O5S/c21-14-10-17(22)19(23-11-14)24-18(26)12-30-20(27)13-6-8-16(9-7-13)31(28,29)25-15-4-2-1-3-5-15/h1-11,25H,12H2,(H,23,24,26). The van der Waals surface area contributed by atoms with Crippen LogP contribution in [0.25, 0.3) is 0 Å². The summed E-state index contributed by atoms with van der Waals surface area (Å²) in [6.45, 7) is -0.588. The van der Waals surface area contributed by atoms with Crippen molar-refractivity contribution in [2.45, 2.75) is 4.90 Å². The Morgan fingerprint density at radius 3 is 2.32 bits per heavy atom. The topological polar surface area (TPSA) is 114 Å². The van der Waals surface area contributed by atoms with E-state index in [2.05, 4.69) is 15.0 Å². The molecule has 0 atom stereocenters. The zero-order valence-electron chi connectivity index (χ0n) is 15.7. The molecule has 2 N–H and O–H groups in total. The lowest BCUT2D eigenvalue weighted by molar-refractivity contribution is -0.119. The van der Waals surface area contributed by atoms with Gasteiger partial charge in [0.2, 0.25) is 0 Å². The van der Waals surface area contributed by atoms with E-state index in [0.717, 1.165) is 0 Å². The van der Waals surface area contributed by atoms with E-state index in [0.29, 0.717) is 10.7 Å². The average molecular weight is 480 g/mol. The first-order valence-corrected chi connectivity index (χ1v) is 10.9. The number of aromatic nitrogens is 1. The number of carbonyl (C=O) groups is 2. The highest BCUT2D eigenvalue weighted by atomic mass is 35.5. The first-order valence-electron chi connectivity index (χ1n) is 8.70. The molecule has 1 heterocycles. The number of benzene rings is 2. The molecule has 0 spiro atoms. The Hall–Kier alpha value is -3.14. The molecule has 0 aliphatic heterocycles. The molecule has 8 nitrogen and oxygen atoms in total. The fraction of sp³-hybridized carbons (Fsp3) is 0.0500. The SMILES string of the molecule is O=C(COC(=O)c1ccc(S(=O)(=O)Nc2ccccc2)cc1)Nc1ncc(Cl)cc1Cl. The second-order valence-electron chi connectivity index (χ2n) is 6.10. The number of para-hydroxylation sites is 1. The summed E-state index contributed by atoms with van der Waals surface area (Å²) in [6, 6.07) is 14.9. The van der Waals surface area contributed by atoms with E-state index in [1.807, 2.05) is 0 Å². The molecule has 0 aliphatic rings. The van der Waals surface area contributed by atoms with Crippen LogP contribution in [0, 0.1) is 0 Å². The van der Waals surface area contributed by atoms with Crippen LogP contribution in [0.4, 0.5) is 11.5 Å². The van der Waals surface area contributed by atoms with Crippen molar-refractivity contribution < 1.29 is 22.7 Å². The van der Waals surface area contributed by atoms with Crippen LogP contribution in [0.2, 0.25) is 10.0 Å². The van der Waals surface area contributed by atoms with Crippen LogP contribution >= 0.6 is 23.2 Å². The zero-order valence-corrected chi connectivity index (χ0v) is 18.0. The van der Waals surface area contributed by atoms with E-state index in [9.17, 15) is 18.0 Å². The van der Waals surface area contributed by atoms with Crippen molar-refractivity contribution in [1.29, 1.82) is 0 Å². The van der Waals surface area contributed by atoms with E-state index < -0.39 is 28.5 Å². The molecule has 2 aromatic carbocycles. The number of sulfonamides is 1. The molecule has 3 rings (SSSR count). The Kier molecular flexibility index (Phi) is 7.11. The minimum absolute atomic E-state index is 0.0332. The van der Waals surface area contributed by atoms with Gasteiger partial charge in [0, 0.05) is 11.9 Å². The Morgan fingerprint density at radius 1 is 1.00 bits per heavy atom. The third kappa shape index (κ3) is 6.17. The molecule has 0 unspecified atom stereocenters. The van der Waals surface area contributed by atoms with Crippen molar-refractivity contribution >= 4 is 56.6 Å². The number of hydrogen-bond acceptors (Lipinski definition) is 6. The van der Waals surface area contributed by atoms with Crippen LogP contribution in [0.3, 0.4) is 0 Å². The molecule has 1 amide bonds. The maximum absolute atomic E-state index is 12.4. The molecule has 31 heavy (non-hydrogen) atoms. The summed E-state index contributed by atoms with van der Waals surface area (Å²) in [6.07, 6.45) is 1.30. The van der Waals surface area contributed by atoms with E-state index in [4.69, 9.17) is 27.9 Å². The van der Waals surface area contributed by atoms with Crippen molar-refractivity contribution in [1.82, 2.24) is 4.98 Å². The van der Waals surface area contributed by atoms with Gasteiger partial charge in [-0.25, -0.2) is 18.2 Å². The van der Waals surface area contributed by atoms with Gasteiger partial charge in [-0.1, -0.05) is 41.4 Å². The van der Waals surface area contributed by atoms with Crippen molar-refractivity contribution in [3.63, 3.8) is 0 Å². The summed E-state index contributed by atoms with van der Waals surface area (Å²) < 4.78 is 32.2. The molecule has 0 aliphatic carbocycles. The van der Waals surface area contributed by atoms with Crippen molar-refractivity contribution in [3.05, 3.63) is 82.5 Å². The van der Waals surface area contributed by atoms with Gasteiger partial charge in [-0.3, -0.25) is 9.52 Å². The Balaban J connectivity index is 1.58. The van der Waals surface area contributed by atoms with Crippen LogP contribution in [0.1, 0.15) is 10.4 Å². The van der Waals surface area contributed by atoms with Gasteiger partial charge in [0.15, 0.2) is 12.4 Å². The lowest BCUT2D eigenvalue weighted by Crippen LogP contribution is -2.21. The molecule has 1 aromatic heterocycles. The van der Waals surface area contributed by atoms with E-state index in [-0.39, 0.29) is 21.3 Å². The minimum atomic E-state index is -3.82. The molecule has 0 radical (unpaired) electrons. The van der Waals surface area contributed by atoms with Gasteiger partial charge in [-0.2, -0.15) is 0 Å². The van der Waals surface area contributed by atoms with E-state index in [1.54, 1.807) is 30.3 Å². The fourth-order valence-corrected chi connectivity index (χ4v) is 3.87. The highest BCUT2D eigenvalue weighted by molar-refractivity contribution is 7.92. The molecule has 160 valence electrons. The van der Waals surface area contributed by atoms with E-state index in [1.165, 1.54) is 36.5 Å². The normalized spacial score (nSPS) is 10.9. The Labute approximate surface area is 188 Å². The maximum atomic E-state index is 12.4. The lowest BCUT2D eigenvalue weighted by atomic mass is 10.2. The van der Waals surface area contributed by atoms with Crippen molar-refractivity contribution in [2.24, 2.45) is 0 Å². The van der Waals surface area contributed by atoms with E-state index >= 15 is 0 Å². The van der Waals surface area contributed by atoms with Crippen LogP contribution in [0.15, 0.2) is 71.8 Å². The van der Waals surface area contributed by atoms with Crippen molar-refractivity contribution in [2.75, 3.05) is 16.6 Å². The van der Waals surface area contributed by atoms with Gasteiger partial charge < -0.3 is 10.1 Å².